The number of nitrogens with two attached hydrogens (primary N) is 2. The summed E-state index contributed by atoms with van der Waals surface area (Å²) < 4.78 is 11.8. The van der Waals surface area contributed by atoms with Gasteiger partial charge in [0.25, 0.3) is 0 Å². The molecular formula is C18H26N4O3S. The average molecular weight is 378 g/mol. The molecule has 1 aliphatic heterocycles. The Kier molecular flexibility index (Phi) is 5.75. The lowest BCUT2D eigenvalue weighted by Gasteiger charge is -2.38. The Balaban J connectivity index is 2.31. The van der Waals surface area contributed by atoms with Crippen molar-refractivity contribution >= 4 is 29.1 Å². The molecule has 0 saturated heterocycles. The van der Waals surface area contributed by atoms with Crippen molar-refractivity contribution in [2.75, 3.05) is 0 Å². The van der Waals surface area contributed by atoms with Crippen molar-refractivity contribution < 1.29 is 14.3 Å². The number of nitrogens with one attached hydrogen (secondary N) is 1. The van der Waals surface area contributed by atoms with Crippen LogP contribution in [0, 0.1) is 20.8 Å². The molecular weight excluding hydrogens is 352 g/mol. The van der Waals surface area contributed by atoms with Gasteiger partial charge in [-0.1, -0.05) is 12.2 Å². The van der Waals surface area contributed by atoms with Gasteiger partial charge in [-0.3, -0.25) is 10.2 Å². The SMILES string of the molecule is CC(=O)Oc1c(C)c(C)c2c(c1C)CCC(C)(CC(=S)NN=C(N)N)O2. The smallest absolute Gasteiger partial charge is 0.308 e. The third kappa shape index (κ3) is 4.24. The maximum Gasteiger partial charge on any atom is 0.308 e. The molecule has 1 aromatic rings. The number of carbonyl (C=O) groups is 1. The largest absolute Gasteiger partial charge is 0.487 e. The number of carbonyl (C=O) groups excluding carboxylic acids is 1. The number of rotatable bonds is 4. The Morgan fingerprint density at radius 2 is 1.96 bits per heavy atom. The lowest BCUT2D eigenvalue weighted by molar-refractivity contribution is -0.132. The van der Waals surface area contributed by atoms with Gasteiger partial charge in [0.15, 0.2) is 0 Å². The Hall–Kier alpha value is -2.35. The Bertz CT molecular complexity index is 787. The molecule has 142 valence electrons. The number of ether oxygens (including phenoxy) is 2. The molecule has 1 unspecified atom stereocenters. The number of guanidine groups is 1. The van der Waals surface area contributed by atoms with Gasteiger partial charge in [0, 0.05) is 18.9 Å². The molecule has 26 heavy (non-hydrogen) atoms. The van der Waals surface area contributed by atoms with E-state index in [1.165, 1.54) is 6.92 Å². The van der Waals surface area contributed by atoms with Crippen LogP contribution < -0.4 is 26.4 Å². The van der Waals surface area contributed by atoms with E-state index < -0.39 is 5.60 Å². The van der Waals surface area contributed by atoms with Gasteiger partial charge in [-0.15, -0.1) is 5.10 Å². The fourth-order valence-corrected chi connectivity index (χ4v) is 3.56. The minimum atomic E-state index is -0.470. The van der Waals surface area contributed by atoms with Gasteiger partial charge < -0.3 is 20.9 Å². The summed E-state index contributed by atoms with van der Waals surface area (Å²) in [6, 6.07) is 0. The first-order chi connectivity index (χ1) is 12.0. The molecule has 1 atom stereocenters. The van der Waals surface area contributed by atoms with Crippen molar-refractivity contribution in [1.82, 2.24) is 5.43 Å². The van der Waals surface area contributed by atoms with Gasteiger partial charge in [0.05, 0.1) is 0 Å². The van der Waals surface area contributed by atoms with Gasteiger partial charge >= 0.3 is 5.97 Å². The average Bonchev–Trinajstić information content (AvgIpc) is 2.54. The molecule has 1 aliphatic rings. The maximum atomic E-state index is 11.4. The topological polar surface area (TPSA) is 112 Å². The highest BCUT2D eigenvalue weighted by Crippen LogP contribution is 2.44. The molecule has 0 aliphatic carbocycles. The Labute approximate surface area is 159 Å². The second-order valence-corrected chi connectivity index (χ2v) is 7.40. The normalized spacial score (nSPS) is 18.3. The summed E-state index contributed by atoms with van der Waals surface area (Å²) in [5.74, 6) is 1.07. The van der Waals surface area contributed by atoms with Gasteiger partial charge in [0.1, 0.15) is 22.1 Å². The van der Waals surface area contributed by atoms with E-state index in [4.69, 9.17) is 33.2 Å². The van der Waals surface area contributed by atoms with Gasteiger partial charge in [-0.05, 0) is 57.2 Å². The number of fused-ring (bicyclic) bond motifs is 1. The molecule has 0 saturated carbocycles. The van der Waals surface area contributed by atoms with Crippen LogP contribution in [0.3, 0.4) is 0 Å². The molecule has 1 aromatic carbocycles. The van der Waals surface area contributed by atoms with Gasteiger partial charge in [-0.25, -0.2) is 0 Å². The quantitative estimate of drug-likeness (QED) is 0.184. The number of benzene rings is 1. The zero-order valence-corrected chi connectivity index (χ0v) is 16.7. The Morgan fingerprint density at radius 1 is 1.31 bits per heavy atom. The first kappa shape index (κ1) is 20.0. The summed E-state index contributed by atoms with van der Waals surface area (Å²) in [6.07, 6.45) is 2.06. The van der Waals surface area contributed by atoms with Crippen molar-refractivity contribution in [2.24, 2.45) is 16.6 Å². The van der Waals surface area contributed by atoms with Crippen LogP contribution in [0.15, 0.2) is 5.10 Å². The lowest BCUT2D eigenvalue weighted by Crippen LogP contribution is -2.41. The summed E-state index contributed by atoms with van der Waals surface area (Å²) in [6.45, 7) is 9.29. The number of thiocarbonyl (C=S) groups is 1. The van der Waals surface area contributed by atoms with E-state index in [-0.39, 0.29) is 11.9 Å². The van der Waals surface area contributed by atoms with E-state index >= 15 is 0 Å². The highest BCUT2D eigenvalue weighted by atomic mass is 32.1. The first-order valence-electron chi connectivity index (χ1n) is 8.41. The highest BCUT2D eigenvalue weighted by Gasteiger charge is 2.35. The minimum absolute atomic E-state index is 0.0764. The van der Waals surface area contributed by atoms with Crippen LogP contribution in [-0.2, 0) is 11.2 Å². The molecule has 0 fully saturated rings. The zero-order chi connectivity index (χ0) is 19.6. The summed E-state index contributed by atoms with van der Waals surface area (Å²) in [5, 5.41) is 3.73. The number of hydrazone groups is 1. The molecule has 5 N–H and O–H groups in total. The van der Waals surface area contributed by atoms with E-state index in [2.05, 4.69) is 10.5 Å². The fourth-order valence-electron chi connectivity index (χ4n) is 3.21. The Morgan fingerprint density at radius 3 is 2.54 bits per heavy atom. The lowest BCUT2D eigenvalue weighted by atomic mass is 9.85. The first-order valence-corrected chi connectivity index (χ1v) is 8.82. The summed E-state index contributed by atoms with van der Waals surface area (Å²) >= 11 is 5.31. The number of hydrogen-bond donors (Lipinski definition) is 3. The number of esters is 1. The molecule has 7 nitrogen and oxygen atoms in total. The standard InChI is InChI=1S/C18H26N4O3S/c1-9-10(2)16-13(11(3)15(9)24-12(4)23)6-7-18(5,25-16)8-14(26)21-22-17(19)20/h6-8H2,1-5H3,(H,21,26)(H4,19,20,22). The number of nitrogens with zero attached hydrogens (tertiary/aromatic N) is 1. The molecule has 8 heteroatoms. The predicted octanol–water partition coefficient (Wildman–Crippen LogP) is 2.12. The molecule has 0 radical (unpaired) electrons. The van der Waals surface area contributed by atoms with Gasteiger partial charge in [-0.2, -0.15) is 0 Å². The van der Waals surface area contributed by atoms with E-state index in [9.17, 15) is 4.79 Å². The van der Waals surface area contributed by atoms with Crippen molar-refractivity contribution in [3.8, 4) is 11.5 Å². The second-order valence-electron chi connectivity index (χ2n) is 6.91. The van der Waals surface area contributed by atoms with Crippen molar-refractivity contribution in [2.45, 2.75) is 59.5 Å². The van der Waals surface area contributed by atoms with E-state index in [1.807, 2.05) is 27.7 Å². The third-order valence-corrected chi connectivity index (χ3v) is 4.89. The van der Waals surface area contributed by atoms with Crippen LogP contribution in [0.2, 0.25) is 0 Å². The van der Waals surface area contributed by atoms with Crippen LogP contribution in [0.25, 0.3) is 0 Å². The highest BCUT2D eigenvalue weighted by molar-refractivity contribution is 7.80. The molecule has 0 amide bonds. The van der Waals surface area contributed by atoms with Crippen LogP contribution >= 0.6 is 12.2 Å². The van der Waals surface area contributed by atoms with Crippen LogP contribution in [-0.4, -0.2) is 22.5 Å². The maximum absolute atomic E-state index is 11.4. The van der Waals surface area contributed by atoms with E-state index in [1.54, 1.807) is 0 Å². The molecule has 2 rings (SSSR count). The summed E-state index contributed by atoms with van der Waals surface area (Å²) in [4.78, 5) is 11.9. The van der Waals surface area contributed by atoms with Crippen molar-refractivity contribution in [1.29, 1.82) is 0 Å². The number of hydrogen-bond acceptors (Lipinski definition) is 5. The summed E-state index contributed by atoms with van der Waals surface area (Å²) in [7, 11) is 0. The second kappa shape index (κ2) is 7.49. The molecule has 1 heterocycles. The molecule has 0 spiro atoms. The van der Waals surface area contributed by atoms with Crippen molar-refractivity contribution in [3.05, 3.63) is 22.3 Å². The van der Waals surface area contributed by atoms with Crippen molar-refractivity contribution in [3.63, 3.8) is 0 Å². The van der Waals surface area contributed by atoms with Crippen LogP contribution in [0.4, 0.5) is 0 Å². The van der Waals surface area contributed by atoms with E-state index in [0.29, 0.717) is 17.2 Å². The van der Waals surface area contributed by atoms with E-state index in [0.717, 1.165) is 40.8 Å². The zero-order valence-electron chi connectivity index (χ0n) is 15.9. The predicted molar refractivity (Wildman–Crippen MR) is 105 cm³/mol. The molecule has 0 aromatic heterocycles. The van der Waals surface area contributed by atoms with Gasteiger partial charge in [0.2, 0.25) is 5.96 Å². The third-order valence-electron chi connectivity index (χ3n) is 4.65. The molecule has 0 bridgehead atoms. The monoisotopic (exact) mass is 378 g/mol. The van der Waals surface area contributed by atoms with Crippen LogP contribution in [0.5, 0.6) is 11.5 Å². The minimum Gasteiger partial charge on any atom is -0.487 e. The fraction of sp³-hybridized carbons (Fsp3) is 0.500. The van der Waals surface area contributed by atoms with Crippen LogP contribution in [0.1, 0.15) is 48.9 Å². The summed E-state index contributed by atoms with van der Waals surface area (Å²) in [5.41, 5.74) is 16.7.